The van der Waals surface area contributed by atoms with Gasteiger partial charge in [-0.2, -0.15) is 4.98 Å². The molecule has 14 heteroatoms. The predicted octanol–water partition coefficient (Wildman–Crippen LogP) is 5.04. The summed E-state index contributed by atoms with van der Waals surface area (Å²) in [5, 5.41) is 15.1. The quantitative estimate of drug-likeness (QED) is 0.133. The molecule has 0 amide bonds. The molecule has 0 radical (unpaired) electrons. The van der Waals surface area contributed by atoms with Crippen LogP contribution >= 0.6 is 79.5 Å². The van der Waals surface area contributed by atoms with Crippen LogP contribution in [0.2, 0.25) is 10.0 Å². The molecule has 1 heterocycles. The van der Waals surface area contributed by atoms with Crippen molar-refractivity contribution in [1.82, 2.24) is 20.6 Å². The molecule has 8 nitrogen and oxygen atoms in total. The number of hydrogen-bond acceptors (Lipinski definition) is 5. The van der Waals surface area contributed by atoms with E-state index in [-0.39, 0.29) is 15.7 Å². The number of rotatable bonds is 2. The summed E-state index contributed by atoms with van der Waals surface area (Å²) in [6, 6.07) is 10.2. The zero-order valence-corrected chi connectivity index (χ0v) is 21.1. The summed E-state index contributed by atoms with van der Waals surface area (Å²) in [7, 11) is 0. The zero-order valence-electron chi connectivity index (χ0n) is 14.7. The number of nitrogens with two attached hydrogens (primary N) is 2. The van der Waals surface area contributed by atoms with Crippen molar-refractivity contribution in [3.63, 3.8) is 0 Å². The molecule has 0 spiro atoms. The Morgan fingerprint density at radius 1 is 1.10 bits per heavy atom. The molecule has 0 saturated carbocycles. The molecule has 0 aliphatic rings. The summed E-state index contributed by atoms with van der Waals surface area (Å²) >= 11 is 27.2. The number of aromatic amines is 2. The van der Waals surface area contributed by atoms with Crippen LogP contribution in [0.5, 0.6) is 0 Å². The number of hydrogen-bond donors (Lipinski definition) is 6. The Labute approximate surface area is 208 Å². The van der Waals surface area contributed by atoms with E-state index in [1.54, 1.807) is 12.1 Å². The number of thiocarbonyl (C=S) groups is 1. The minimum absolute atomic E-state index is 0.116. The van der Waals surface area contributed by atoms with Gasteiger partial charge in [-0.3, -0.25) is 10.2 Å². The van der Waals surface area contributed by atoms with Crippen molar-refractivity contribution in [3.8, 4) is 11.4 Å². The smallest absolute Gasteiger partial charge is 0.337 e. The molecule has 30 heavy (non-hydrogen) atoms. The second kappa shape index (κ2) is 13.0. The average molecular weight is 617 g/mol. The van der Waals surface area contributed by atoms with Gasteiger partial charge < -0.3 is 16.3 Å². The maximum Gasteiger partial charge on any atom is 0.337 e. The van der Waals surface area contributed by atoms with Crippen molar-refractivity contribution in [2.75, 3.05) is 0 Å². The van der Waals surface area contributed by atoms with Crippen LogP contribution in [0.1, 0.15) is 10.4 Å². The van der Waals surface area contributed by atoms with Gasteiger partial charge in [-0.25, -0.2) is 10.6 Å². The maximum atomic E-state index is 10.4. The highest BCUT2D eigenvalue weighted by molar-refractivity contribution is 9.10. The third-order valence-corrected chi connectivity index (χ3v) is 4.91. The van der Waals surface area contributed by atoms with Crippen molar-refractivity contribution < 1.29 is 9.90 Å². The number of hydrazine groups is 1. The number of H-pyrrole nitrogens is 2. The van der Waals surface area contributed by atoms with Gasteiger partial charge in [-0.15, -0.1) is 0 Å². The summed E-state index contributed by atoms with van der Waals surface area (Å²) in [5.74, 6) is 4.29. The fourth-order valence-electron chi connectivity index (χ4n) is 1.74. The molecule has 8 N–H and O–H groups in total. The Balaban J connectivity index is 0.000000251. The molecule has 0 bridgehead atoms. The molecule has 160 valence electrons. The molecule has 0 atom stereocenters. The maximum absolute atomic E-state index is 10.4. The lowest BCUT2D eigenvalue weighted by atomic mass is 10.2. The highest BCUT2D eigenvalue weighted by Crippen LogP contribution is 2.27. The molecule has 2 aromatic carbocycles. The minimum atomic E-state index is -1.01. The topological polar surface area (TPSA) is 146 Å². The van der Waals surface area contributed by atoms with Gasteiger partial charge in [-0.05, 0) is 60.8 Å². The Hall–Kier alpha value is -1.54. The van der Waals surface area contributed by atoms with Crippen molar-refractivity contribution in [2.45, 2.75) is 0 Å². The number of aromatic nitrogens is 3. The lowest BCUT2D eigenvalue weighted by molar-refractivity contribution is 0.0697. The first kappa shape index (κ1) is 26.5. The summed E-state index contributed by atoms with van der Waals surface area (Å²) < 4.78 is 2.12. The van der Waals surface area contributed by atoms with Gasteiger partial charge in [0.05, 0.1) is 15.6 Å². The van der Waals surface area contributed by atoms with Crippen LogP contribution in [0.15, 0.2) is 45.3 Å². The summed E-state index contributed by atoms with van der Waals surface area (Å²) in [5.41, 5.74) is 7.77. The van der Waals surface area contributed by atoms with Gasteiger partial charge in [0.2, 0.25) is 4.77 Å². The largest absolute Gasteiger partial charge is 0.478 e. The molecule has 0 fully saturated rings. The number of carboxylic acids is 1. The Bertz CT molecular complexity index is 1090. The SMILES string of the molecule is NNC(N)=S.O=C(O)c1ccc(Br)cc1Cl.S=c1nc(-c2ccc(Br)cc2Cl)[nH][nH]1. The molecule has 0 unspecified atom stereocenters. The number of carbonyl (C=O) groups is 1. The van der Waals surface area contributed by atoms with E-state index in [4.69, 9.17) is 46.3 Å². The van der Waals surface area contributed by atoms with Gasteiger partial charge in [0.25, 0.3) is 0 Å². The van der Waals surface area contributed by atoms with E-state index in [1.165, 1.54) is 6.07 Å². The van der Waals surface area contributed by atoms with E-state index in [0.717, 1.165) is 14.5 Å². The first-order chi connectivity index (χ1) is 14.0. The molecular formula is C16H14Br2Cl2N6O2S2. The van der Waals surface area contributed by atoms with Crippen LogP contribution in [-0.4, -0.2) is 31.4 Å². The number of carboxylic acid groups (broad SMARTS) is 1. The summed E-state index contributed by atoms with van der Waals surface area (Å²) in [4.78, 5) is 14.5. The van der Waals surface area contributed by atoms with Crippen LogP contribution in [-0.2, 0) is 0 Å². The van der Waals surface area contributed by atoms with Crippen LogP contribution < -0.4 is 17.0 Å². The van der Waals surface area contributed by atoms with Gasteiger partial charge >= 0.3 is 5.97 Å². The highest BCUT2D eigenvalue weighted by Gasteiger charge is 2.07. The molecule has 3 rings (SSSR count). The normalized spacial score (nSPS) is 9.50. The number of nitrogens with zero attached hydrogens (tertiary/aromatic N) is 1. The third kappa shape index (κ3) is 9.08. The first-order valence-corrected chi connectivity index (χ1v) is 10.8. The molecular weight excluding hydrogens is 603 g/mol. The van der Waals surface area contributed by atoms with Crippen LogP contribution in [0.25, 0.3) is 11.4 Å². The Morgan fingerprint density at radius 2 is 1.63 bits per heavy atom. The molecule has 0 aliphatic heterocycles. The number of nitrogens with one attached hydrogen (secondary N) is 3. The van der Waals surface area contributed by atoms with Crippen molar-refractivity contribution in [1.29, 1.82) is 0 Å². The van der Waals surface area contributed by atoms with Gasteiger partial charge in [-0.1, -0.05) is 55.1 Å². The first-order valence-electron chi connectivity index (χ1n) is 7.59. The van der Waals surface area contributed by atoms with E-state index in [1.807, 2.05) is 23.6 Å². The lowest BCUT2D eigenvalue weighted by Crippen LogP contribution is -2.34. The minimum Gasteiger partial charge on any atom is -0.478 e. The monoisotopic (exact) mass is 614 g/mol. The van der Waals surface area contributed by atoms with E-state index in [0.29, 0.717) is 15.6 Å². The fourth-order valence-corrected chi connectivity index (χ4v) is 3.40. The Morgan fingerprint density at radius 3 is 2.03 bits per heavy atom. The van der Waals surface area contributed by atoms with Gasteiger partial charge in [0, 0.05) is 14.5 Å². The molecule has 0 saturated heterocycles. The number of halogens is 4. The predicted molar refractivity (Wildman–Crippen MR) is 132 cm³/mol. The highest BCUT2D eigenvalue weighted by atomic mass is 79.9. The fraction of sp³-hybridized carbons (Fsp3) is 0. The standard InChI is InChI=1S/C8H5BrClN3S.C7H4BrClO2.CH5N3S/c9-4-1-2-5(6(10)3-4)7-11-8(14)13-12-7;8-4-1-2-5(7(10)11)6(9)3-4;2-1(5)4-3/h1-3H,(H2,11,12,13,14);1-3H,(H,10,11);3H2,(H3,2,4,5). The van der Waals surface area contributed by atoms with Crippen LogP contribution in [0.4, 0.5) is 0 Å². The van der Waals surface area contributed by atoms with E-state index in [2.05, 4.69) is 65.1 Å². The lowest BCUT2D eigenvalue weighted by Gasteiger charge is -1.99. The molecule has 0 aliphatic carbocycles. The van der Waals surface area contributed by atoms with Gasteiger partial charge in [0.15, 0.2) is 10.9 Å². The summed E-state index contributed by atoms with van der Waals surface area (Å²) in [6.45, 7) is 0. The molecule has 1 aromatic heterocycles. The van der Waals surface area contributed by atoms with Crippen molar-refractivity contribution in [3.05, 3.63) is 65.7 Å². The second-order valence-electron chi connectivity index (χ2n) is 5.08. The average Bonchev–Trinajstić information content (AvgIpc) is 3.08. The van der Waals surface area contributed by atoms with Crippen molar-refractivity contribution >= 4 is 90.6 Å². The van der Waals surface area contributed by atoms with E-state index in [9.17, 15) is 4.79 Å². The van der Waals surface area contributed by atoms with Crippen molar-refractivity contribution in [2.24, 2.45) is 11.6 Å². The van der Waals surface area contributed by atoms with Crippen LogP contribution in [0.3, 0.4) is 0 Å². The van der Waals surface area contributed by atoms with E-state index >= 15 is 0 Å². The number of aromatic carboxylic acids is 1. The summed E-state index contributed by atoms with van der Waals surface area (Å²) in [6.07, 6.45) is 0. The third-order valence-electron chi connectivity index (χ3n) is 2.99. The second-order valence-corrected chi connectivity index (χ2v) is 8.55. The Kier molecular flexibility index (Phi) is 11.5. The van der Waals surface area contributed by atoms with E-state index < -0.39 is 5.97 Å². The number of benzene rings is 2. The van der Waals surface area contributed by atoms with Crippen LogP contribution in [0, 0.1) is 4.77 Å². The molecule has 3 aromatic rings. The zero-order chi connectivity index (χ0) is 22.8. The van der Waals surface area contributed by atoms with Gasteiger partial charge in [0.1, 0.15) is 0 Å².